The summed E-state index contributed by atoms with van der Waals surface area (Å²) in [6.45, 7) is 0. The first-order valence-corrected chi connectivity index (χ1v) is 4.59. The van der Waals surface area contributed by atoms with Crippen molar-refractivity contribution >= 4 is 11.6 Å². The lowest BCUT2D eigenvalue weighted by Gasteiger charge is -2.15. The van der Waals surface area contributed by atoms with Crippen LogP contribution in [-0.2, 0) is 0 Å². The lowest BCUT2D eigenvalue weighted by atomic mass is 10.2. The molecule has 0 fully saturated rings. The van der Waals surface area contributed by atoms with E-state index in [0.717, 1.165) is 0 Å². The Morgan fingerprint density at radius 2 is 1.20 bits per heavy atom. The third kappa shape index (κ3) is 2.04. The van der Waals surface area contributed by atoms with E-state index in [4.69, 9.17) is 30.5 Å². The van der Waals surface area contributed by atoms with Crippen LogP contribution in [0.1, 0.15) is 0 Å². The molecule has 0 atom stereocenters. The summed E-state index contributed by atoms with van der Waals surface area (Å²) in [6.07, 6.45) is 0. The van der Waals surface area contributed by atoms with Gasteiger partial charge in [-0.3, -0.25) is 0 Å². The van der Waals surface area contributed by atoms with E-state index in [1.165, 1.54) is 28.4 Å². The number of hydrogen-bond donors (Lipinski definition) is 0. The molecule has 0 aliphatic rings. The second kappa shape index (κ2) is 4.98. The molecule has 0 saturated heterocycles. The lowest BCUT2D eigenvalue weighted by Crippen LogP contribution is -1.97. The molecule has 4 nitrogen and oxygen atoms in total. The molecule has 0 spiro atoms. The van der Waals surface area contributed by atoms with Crippen LogP contribution in [0.15, 0.2) is 6.07 Å². The molecule has 0 aliphatic carbocycles. The zero-order valence-electron chi connectivity index (χ0n) is 9.09. The summed E-state index contributed by atoms with van der Waals surface area (Å²) in [6, 6.07) is 1.66. The molecule has 0 aliphatic heterocycles. The standard InChI is InChI=1S/C10H13ClO4/c1-12-6-5-7(13-2)10(15-4)8(11)9(6)14-3/h5H,1-4H3. The minimum atomic E-state index is 0.330. The molecular weight excluding hydrogens is 220 g/mol. The molecule has 0 saturated carbocycles. The van der Waals surface area contributed by atoms with Gasteiger partial charge in [-0.05, 0) is 0 Å². The Kier molecular flexibility index (Phi) is 3.91. The highest BCUT2D eigenvalue weighted by molar-refractivity contribution is 6.34. The van der Waals surface area contributed by atoms with Crippen molar-refractivity contribution in [3.8, 4) is 23.0 Å². The van der Waals surface area contributed by atoms with Crippen molar-refractivity contribution in [3.63, 3.8) is 0 Å². The highest BCUT2D eigenvalue weighted by atomic mass is 35.5. The highest BCUT2D eigenvalue weighted by Gasteiger charge is 2.19. The van der Waals surface area contributed by atoms with Crippen molar-refractivity contribution in [2.75, 3.05) is 28.4 Å². The summed E-state index contributed by atoms with van der Waals surface area (Å²) in [5, 5.41) is 0.330. The summed E-state index contributed by atoms with van der Waals surface area (Å²) in [5.41, 5.74) is 0. The Labute approximate surface area is 93.6 Å². The van der Waals surface area contributed by atoms with Crippen molar-refractivity contribution in [2.24, 2.45) is 0 Å². The fourth-order valence-electron chi connectivity index (χ4n) is 1.25. The molecule has 0 unspecified atom stereocenters. The topological polar surface area (TPSA) is 36.9 Å². The summed E-state index contributed by atoms with van der Waals surface area (Å²) in [5.74, 6) is 1.86. The Balaban J connectivity index is 3.41. The molecule has 0 aromatic heterocycles. The van der Waals surface area contributed by atoms with Crippen molar-refractivity contribution < 1.29 is 18.9 Å². The average molecular weight is 233 g/mol. The lowest BCUT2D eigenvalue weighted by molar-refractivity contribution is 0.329. The molecule has 5 heteroatoms. The first-order valence-electron chi connectivity index (χ1n) is 4.22. The fraction of sp³-hybridized carbons (Fsp3) is 0.400. The van der Waals surface area contributed by atoms with Gasteiger partial charge in [0.15, 0.2) is 23.0 Å². The molecule has 0 bridgehead atoms. The van der Waals surface area contributed by atoms with Gasteiger partial charge >= 0.3 is 0 Å². The number of rotatable bonds is 4. The van der Waals surface area contributed by atoms with Gasteiger partial charge in [-0.25, -0.2) is 0 Å². The van der Waals surface area contributed by atoms with Gasteiger partial charge in [-0.15, -0.1) is 0 Å². The molecule has 0 radical (unpaired) electrons. The second-order valence-corrected chi connectivity index (χ2v) is 3.04. The molecule has 1 aromatic carbocycles. The van der Waals surface area contributed by atoms with Gasteiger partial charge in [0.25, 0.3) is 0 Å². The molecule has 84 valence electrons. The van der Waals surface area contributed by atoms with Crippen LogP contribution >= 0.6 is 11.6 Å². The Morgan fingerprint density at radius 3 is 1.47 bits per heavy atom. The van der Waals surface area contributed by atoms with Gasteiger partial charge in [0, 0.05) is 6.07 Å². The van der Waals surface area contributed by atoms with Crippen LogP contribution in [0.5, 0.6) is 23.0 Å². The molecule has 0 amide bonds. The van der Waals surface area contributed by atoms with Gasteiger partial charge in [-0.2, -0.15) is 0 Å². The summed E-state index contributed by atoms with van der Waals surface area (Å²) in [7, 11) is 6.07. The van der Waals surface area contributed by atoms with Crippen LogP contribution in [-0.4, -0.2) is 28.4 Å². The SMILES string of the molecule is COc1cc(OC)c(OC)c(Cl)c1OC. The van der Waals surface area contributed by atoms with Crippen LogP contribution in [0.2, 0.25) is 5.02 Å². The van der Waals surface area contributed by atoms with E-state index in [-0.39, 0.29) is 0 Å². The minimum absolute atomic E-state index is 0.330. The van der Waals surface area contributed by atoms with E-state index in [2.05, 4.69) is 0 Å². The maximum absolute atomic E-state index is 6.07. The van der Waals surface area contributed by atoms with Gasteiger partial charge in [0.2, 0.25) is 0 Å². The number of ether oxygens (including phenoxy) is 4. The molecule has 1 rings (SSSR count). The van der Waals surface area contributed by atoms with Crippen molar-refractivity contribution in [3.05, 3.63) is 11.1 Å². The van der Waals surface area contributed by atoms with Crippen LogP contribution in [0.3, 0.4) is 0 Å². The zero-order valence-corrected chi connectivity index (χ0v) is 9.84. The summed E-state index contributed by atoms with van der Waals surface area (Å²) >= 11 is 6.07. The molecule has 1 aromatic rings. The fourth-order valence-corrected chi connectivity index (χ4v) is 1.59. The largest absolute Gasteiger partial charge is 0.493 e. The number of benzene rings is 1. The van der Waals surface area contributed by atoms with Crippen LogP contribution in [0.4, 0.5) is 0 Å². The van der Waals surface area contributed by atoms with Gasteiger partial charge in [-0.1, -0.05) is 11.6 Å². The summed E-state index contributed by atoms with van der Waals surface area (Å²) < 4.78 is 20.5. The number of halogens is 1. The Bertz CT molecular complexity index is 322. The maximum atomic E-state index is 6.07. The molecule has 15 heavy (non-hydrogen) atoms. The second-order valence-electron chi connectivity index (χ2n) is 2.66. The third-order valence-electron chi connectivity index (χ3n) is 1.96. The third-order valence-corrected chi connectivity index (χ3v) is 2.30. The first kappa shape index (κ1) is 11.8. The van der Waals surface area contributed by atoms with E-state index in [9.17, 15) is 0 Å². The number of hydrogen-bond acceptors (Lipinski definition) is 4. The Morgan fingerprint density at radius 1 is 0.800 bits per heavy atom. The van der Waals surface area contributed by atoms with Gasteiger partial charge in [0.1, 0.15) is 5.02 Å². The van der Waals surface area contributed by atoms with E-state index in [0.29, 0.717) is 28.0 Å². The van der Waals surface area contributed by atoms with Crippen molar-refractivity contribution in [1.82, 2.24) is 0 Å². The predicted octanol–water partition coefficient (Wildman–Crippen LogP) is 2.37. The minimum Gasteiger partial charge on any atom is -0.493 e. The normalized spacial score (nSPS) is 9.67. The van der Waals surface area contributed by atoms with Crippen LogP contribution in [0, 0.1) is 0 Å². The highest BCUT2D eigenvalue weighted by Crippen LogP contribution is 2.47. The quantitative estimate of drug-likeness (QED) is 0.799. The molecular formula is C10H13ClO4. The van der Waals surface area contributed by atoms with E-state index in [1.54, 1.807) is 6.07 Å². The van der Waals surface area contributed by atoms with E-state index in [1.807, 2.05) is 0 Å². The smallest absolute Gasteiger partial charge is 0.183 e. The van der Waals surface area contributed by atoms with Gasteiger partial charge < -0.3 is 18.9 Å². The van der Waals surface area contributed by atoms with Crippen molar-refractivity contribution in [1.29, 1.82) is 0 Å². The zero-order chi connectivity index (χ0) is 11.4. The van der Waals surface area contributed by atoms with E-state index >= 15 is 0 Å². The van der Waals surface area contributed by atoms with Gasteiger partial charge in [0.05, 0.1) is 28.4 Å². The van der Waals surface area contributed by atoms with Crippen LogP contribution < -0.4 is 18.9 Å². The maximum Gasteiger partial charge on any atom is 0.183 e. The summed E-state index contributed by atoms with van der Waals surface area (Å²) in [4.78, 5) is 0. The first-order chi connectivity index (χ1) is 7.19. The van der Waals surface area contributed by atoms with Crippen molar-refractivity contribution in [2.45, 2.75) is 0 Å². The molecule has 0 heterocycles. The average Bonchev–Trinajstić information content (AvgIpc) is 2.27. The Hall–Kier alpha value is -1.29. The number of methoxy groups -OCH3 is 4. The van der Waals surface area contributed by atoms with E-state index < -0.39 is 0 Å². The molecule has 0 N–H and O–H groups in total. The van der Waals surface area contributed by atoms with Crippen LogP contribution in [0.25, 0.3) is 0 Å². The monoisotopic (exact) mass is 232 g/mol. The predicted molar refractivity (Wildman–Crippen MR) is 57.7 cm³/mol.